The van der Waals surface area contributed by atoms with Crippen molar-refractivity contribution in [1.82, 2.24) is 10.2 Å². The van der Waals surface area contributed by atoms with Gasteiger partial charge in [0.05, 0.1) is 11.9 Å². The van der Waals surface area contributed by atoms with E-state index < -0.39 is 28.5 Å². The molecular formula is C30H35Cl2N3O4S. The second-order valence-corrected chi connectivity index (χ2v) is 12.6. The van der Waals surface area contributed by atoms with Gasteiger partial charge in [0.15, 0.2) is 0 Å². The quantitative estimate of drug-likeness (QED) is 0.291. The molecule has 1 N–H and O–H groups in total. The molecule has 0 aliphatic rings. The molecule has 3 aromatic rings. The minimum atomic E-state index is -3.84. The molecule has 0 aliphatic carbocycles. The average Bonchev–Trinajstić information content (AvgIpc) is 2.90. The lowest BCUT2D eigenvalue weighted by molar-refractivity contribution is -0.140. The predicted molar refractivity (Wildman–Crippen MR) is 162 cm³/mol. The van der Waals surface area contributed by atoms with Crippen molar-refractivity contribution in [3.05, 3.63) is 99.5 Å². The van der Waals surface area contributed by atoms with Gasteiger partial charge in [-0.25, -0.2) is 8.42 Å². The Morgan fingerprint density at radius 2 is 1.62 bits per heavy atom. The van der Waals surface area contributed by atoms with E-state index in [9.17, 15) is 18.0 Å². The predicted octanol–water partition coefficient (Wildman–Crippen LogP) is 5.62. The number of sulfonamides is 1. The lowest BCUT2D eigenvalue weighted by atomic mass is 10.0. The van der Waals surface area contributed by atoms with Crippen molar-refractivity contribution in [1.29, 1.82) is 0 Å². The van der Waals surface area contributed by atoms with Gasteiger partial charge in [-0.3, -0.25) is 13.9 Å². The topological polar surface area (TPSA) is 86.8 Å². The molecule has 0 spiro atoms. The molecule has 0 aromatic heterocycles. The maximum Gasteiger partial charge on any atom is 0.244 e. The number of aryl methyl sites for hydroxylation is 1. The van der Waals surface area contributed by atoms with Crippen molar-refractivity contribution in [2.75, 3.05) is 17.1 Å². The Kier molecular flexibility index (Phi) is 11.0. The first kappa shape index (κ1) is 31.5. The molecule has 0 saturated carbocycles. The van der Waals surface area contributed by atoms with Crippen LogP contribution in [0, 0.1) is 6.92 Å². The summed E-state index contributed by atoms with van der Waals surface area (Å²) in [6.07, 6.45) is 1.99. The third kappa shape index (κ3) is 8.46. The van der Waals surface area contributed by atoms with Gasteiger partial charge in [-0.2, -0.15) is 0 Å². The lowest BCUT2D eigenvalue weighted by Gasteiger charge is -2.34. The number of amides is 2. The van der Waals surface area contributed by atoms with Gasteiger partial charge in [-0.05, 0) is 55.2 Å². The highest BCUT2D eigenvalue weighted by Gasteiger charge is 2.34. The first-order chi connectivity index (χ1) is 18.9. The smallest absolute Gasteiger partial charge is 0.244 e. The van der Waals surface area contributed by atoms with Crippen molar-refractivity contribution in [2.24, 2.45) is 0 Å². The van der Waals surface area contributed by atoms with Crippen LogP contribution in [0.25, 0.3) is 0 Å². The van der Waals surface area contributed by atoms with E-state index in [2.05, 4.69) is 5.32 Å². The minimum Gasteiger partial charge on any atom is -0.352 e. The summed E-state index contributed by atoms with van der Waals surface area (Å²) in [7, 11) is -3.84. The standard InChI is InChI=1S/C30H35Cl2N3O4S/c1-5-22(3)33-30(37)28(17-23-12-7-6-8-13-23)34(19-24-15-16-25(31)18-26(24)32)29(36)20-35(40(4,38)39)27-14-10-9-11-21(27)2/h6-16,18,22,28H,5,17,19-20H2,1-4H3,(H,33,37). The van der Waals surface area contributed by atoms with Crippen molar-refractivity contribution in [3.8, 4) is 0 Å². The molecule has 2 amide bonds. The van der Waals surface area contributed by atoms with Gasteiger partial charge in [-0.1, -0.05) is 84.7 Å². The zero-order valence-electron chi connectivity index (χ0n) is 23.1. The highest BCUT2D eigenvalue weighted by Crippen LogP contribution is 2.26. The Labute approximate surface area is 247 Å². The summed E-state index contributed by atoms with van der Waals surface area (Å²) < 4.78 is 26.9. The van der Waals surface area contributed by atoms with Crippen LogP contribution in [0.2, 0.25) is 10.0 Å². The number of hydrogen-bond acceptors (Lipinski definition) is 4. The van der Waals surface area contributed by atoms with Crippen molar-refractivity contribution < 1.29 is 18.0 Å². The van der Waals surface area contributed by atoms with Gasteiger partial charge in [0.1, 0.15) is 12.6 Å². The summed E-state index contributed by atoms with van der Waals surface area (Å²) >= 11 is 12.6. The molecular weight excluding hydrogens is 569 g/mol. The average molecular weight is 605 g/mol. The maximum absolute atomic E-state index is 14.1. The molecule has 0 bridgehead atoms. The van der Waals surface area contributed by atoms with Crippen LogP contribution < -0.4 is 9.62 Å². The maximum atomic E-state index is 14.1. The molecule has 0 fully saturated rings. The van der Waals surface area contributed by atoms with E-state index in [1.165, 1.54) is 4.90 Å². The number of para-hydroxylation sites is 1. The lowest BCUT2D eigenvalue weighted by Crippen LogP contribution is -2.54. The van der Waals surface area contributed by atoms with Crippen LogP contribution in [-0.2, 0) is 32.6 Å². The summed E-state index contributed by atoms with van der Waals surface area (Å²) in [5.74, 6) is -0.877. The van der Waals surface area contributed by atoms with Crippen LogP contribution in [0.3, 0.4) is 0 Å². The Bertz CT molecular complexity index is 1430. The summed E-state index contributed by atoms with van der Waals surface area (Å²) in [6, 6.07) is 20.2. The molecule has 0 radical (unpaired) electrons. The van der Waals surface area contributed by atoms with Crippen molar-refractivity contribution in [2.45, 2.75) is 52.2 Å². The van der Waals surface area contributed by atoms with Gasteiger partial charge in [0.25, 0.3) is 0 Å². The Balaban J connectivity index is 2.10. The van der Waals surface area contributed by atoms with E-state index in [0.29, 0.717) is 33.3 Å². The largest absolute Gasteiger partial charge is 0.352 e. The van der Waals surface area contributed by atoms with Gasteiger partial charge in [0.2, 0.25) is 21.8 Å². The number of anilines is 1. The van der Waals surface area contributed by atoms with Gasteiger partial charge >= 0.3 is 0 Å². The van der Waals surface area contributed by atoms with E-state index >= 15 is 0 Å². The molecule has 0 heterocycles. The fraction of sp³-hybridized carbons (Fsp3) is 0.333. The summed E-state index contributed by atoms with van der Waals surface area (Å²) in [6.45, 7) is 5.12. The molecule has 3 aromatic carbocycles. The number of benzene rings is 3. The molecule has 7 nitrogen and oxygen atoms in total. The Morgan fingerprint density at radius 3 is 2.23 bits per heavy atom. The van der Waals surface area contributed by atoms with Gasteiger partial charge < -0.3 is 10.2 Å². The van der Waals surface area contributed by atoms with Crippen LogP contribution in [0.5, 0.6) is 0 Å². The third-order valence-corrected chi connectivity index (χ3v) is 8.40. The second-order valence-electron chi connectivity index (χ2n) is 9.84. The summed E-state index contributed by atoms with van der Waals surface area (Å²) in [4.78, 5) is 29.3. The number of nitrogens with one attached hydrogen (secondary N) is 1. The third-order valence-electron chi connectivity index (χ3n) is 6.69. The van der Waals surface area contributed by atoms with Crippen LogP contribution in [0.1, 0.15) is 37.0 Å². The Morgan fingerprint density at radius 1 is 0.975 bits per heavy atom. The monoisotopic (exact) mass is 603 g/mol. The van der Waals surface area contributed by atoms with E-state index in [1.54, 1.807) is 49.4 Å². The van der Waals surface area contributed by atoms with E-state index in [4.69, 9.17) is 23.2 Å². The van der Waals surface area contributed by atoms with Gasteiger partial charge in [0, 0.05) is 29.1 Å². The number of carbonyl (C=O) groups is 2. The molecule has 3 rings (SSSR count). The molecule has 0 aliphatic heterocycles. The van der Waals surface area contributed by atoms with E-state index in [1.807, 2.05) is 44.2 Å². The van der Waals surface area contributed by atoms with E-state index in [0.717, 1.165) is 16.1 Å². The normalized spacial score (nSPS) is 12.8. The first-order valence-electron chi connectivity index (χ1n) is 13.0. The highest BCUT2D eigenvalue weighted by molar-refractivity contribution is 7.92. The molecule has 2 atom stereocenters. The fourth-order valence-electron chi connectivity index (χ4n) is 4.27. The summed E-state index contributed by atoms with van der Waals surface area (Å²) in [5.41, 5.74) is 2.52. The SMILES string of the molecule is CCC(C)NC(=O)C(Cc1ccccc1)N(Cc1ccc(Cl)cc1Cl)C(=O)CN(c1ccccc1C)S(C)(=O)=O. The van der Waals surface area contributed by atoms with Crippen LogP contribution in [-0.4, -0.2) is 50.0 Å². The minimum absolute atomic E-state index is 0.0222. The van der Waals surface area contributed by atoms with Crippen molar-refractivity contribution in [3.63, 3.8) is 0 Å². The molecule has 40 heavy (non-hydrogen) atoms. The van der Waals surface area contributed by atoms with Crippen LogP contribution in [0.15, 0.2) is 72.8 Å². The molecule has 214 valence electrons. The second kappa shape index (κ2) is 14.0. The van der Waals surface area contributed by atoms with Crippen LogP contribution >= 0.6 is 23.2 Å². The van der Waals surface area contributed by atoms with Gasteiger partial charge in [-0.15, -0.1) is 0 Å². The molecule has 0 saturated heterocycles. The fourth-order valence-corrected chi connectivity index (χ4v) is 5.64. The number of nitrogens with zero attached hydrogens (tertiary/aromatic N) is 2. The number of carbonyl (C=O) groups excluding carboxylic acids is 2. The van der Waals surface area contributed by atoms with Crippen LogP contribution in [0.4, 0.5) is 5.69 Å². The number of hydrogen-bond donors (Lipinski definition) is 1. The molecule has 2 unspecified atom stereocenters. The number of rotatable bonds is 12. The zero-order chi connectivity index (χ0) is 29.4. The number of halogens is 2. The Hall–Kier alpha value is -3.07. The highest BCUT2D eigenvalue weighted by atomic mass is 35.5. The first-order valence-corrected chi connectivity index (χ1v) is 15.6. The zero-order valence-corrected chi connectivity index (χ0v) is 25.4. The molecule has 10 heteroatoms. The summed E-state index contributed by atoms with van der Waals surface area (Å²) in [5, 5.41) is 3.77. The van der Waals surface area contributed by atoms with E-state index in [-0.39, 0.29) is 24.9 Å². The van der Waals surface area contributed by atoms with Crippen molar-refractivity contribution >= 4 is 50.7 Å².